The summed E-state index contributed by atoms with van der Waals surface area (Å²) in [5.74, 6) is 1.73. The molecule has 2 aromatic heterocycles. The van der Waals surface area contributed by atoms with E-state index in [-0.39, 0.29) is 5.91 Å². The molecule has 0 unspecified atom stereocenters. The molecule has 0 saturated carbocycles. The Bertz CT molecular complexity index is 656. The topological polar surface area (TPSA) is 62.2 Å². The van der Waals surface area contributed by atoms with Gasteiger partial charge in [-0.3, -0.25) is 14.7 Å². The summed E-state index contributed by atoms with van der Waals surface area (Å²) in [6, 6.07) is 3.74. The van der Waals surface area contributed by atoms with Crippen molar-refractivity contribution in [2.75, 3.05) is 44.7 Å². The van der Waals surface area contributed by atoms with Crippen LogP contribution in [0.4, 0.5) is 0 Å². The minimum atomic E-state index is 0.0113. The monoisotopic (exact) mass is 343 g/mol. The standard InChI is InChI=1S/C17H21N5OS/c1-24-10-9-21-5-7-22(8-6-21)17(23)15-12-19-16(20-13-15)14-3-2-4-18-11-14/h2-4,11-13H,5-10H2,1H3. The number of pyridine rings is 1. The average Bonchev–Trinajstić information content (AvgIpc) is 2.67. The largest absolute Gasteiger partial charge is 0.336 e. The highest BCUT2D eigenvalue weighted by Crippen LogP contribution is 2.13. The number of amides is 1. The molecule has 0 spiro atoms. The molecule has 1 amide bonds. The molecule has 1 saturated heterocycles. The predicted octanol–water partition coefficient (Wildman–Crippen LogP) is 1.66. The Kier molecular flexibility index (Phi) is 5.77. The van der Waals surface area contributed by atoms with Crippen LogP contribution in [0.25, 0.3) is 11.4 Å². The van der Waals surface area contributed by atoms with Gasteiger partial charge in [-0.1, -0.05) is 0 Å². The molecule has 1 aliphatic heterocycles. The van der Waals surface area contributed by atoms with E-state index in [0.29, 0.717) is 11.4 Å². The predicted molar refractivity (Wildman–Crippen MR) is 96.0 cm³/mol. The number of carbonyl (C=O) groups is 1. The van der Waals surface area contributed by atoms with Crippen LogP contribution in [-0.2, 0) is 0 Å². The van der Waals surface area contributed by atoms with Crippen molar-refractivity contribution in [3.05, 3.63) is 42.5 Å². The SMILES string of the molecule is CSCCN1CCN(C(=O)c2cnc(-c3cccnc3)nc2)CC1. The van der Waals surface area contributed by atoms with Crippen LogP contribution in [0.2, 0.25) is 0 Å². The minimum absolute atomic E-state index is 0.0113. The highest BCUT2D eigenvalue weighted by atomic mass is 32.2. The summed E-state index contributed by atoms with van der Waals surface area (Å²) in [6.45, 7) is 4.48. The van der Waals surface area contributed by atoms with E-state index in [9.17, 15) is 4.79 Å². The molecular weight excluding hydrogens is 322 g/mol. The number of piperazine rings is 1. The molecule has 6 nitrogen and oxygen atoms in total. The van der Waals surface area contributed by atoms with Crippen LogP contribution >= 0.6 is 11.8 Å². The van der Waals surface area contributed by atoms with Gasteiger partial charge in [0.05, 0.1) is 5.56 Å². The Balaban J connectivity index is 1.60. The molecule has 0 aliphatic carbocycles. The van der Waals surface area contributed by atoms with Crippen LogP contribution < -0.4 is 0 Å². The number of nitrogens with zero attached hydrogens (tertiary/aromatic N) is 5. The summed E-state index contributed by atoms with van der Waals surface area (Å²) < 4.78 is 0. The third-order valence-corrected chi connectivity index (χ3v) is 4.68. The number of carbonyl (C=O) groups excluding carboxylic acids is 1. The third kappa shape index (κ3) is 4.10. The van der Waals surface area contributed by atoms with Crippen molar-refractivity contribution in [1.82, 2.24) is 24.8 Å². The zero-order valence-electron chi connectivity index (χ0n) is 13.8. The smallest absolute Gasteiger partial charge is 0.257 e. The molecule has 3 rings (SSSR count). The van der Waals surface area contributed by atoms with Crippen LogP contribution in [0.3, 0.4) is 0 Å². The average molecular weight is 343 g/mol. The van der Waals surface area contributed by atoms with Crippen LogP contribution in [0, 0.1) is 0 Å². The lowest BCUT2D eigenvalue weighted by atomic mass is 10.2. The molecule has 126 valence electrons. The van der Waals surface area contributed by atoms with Gasteiger partial charge in [-0.15, -0.1) is 0 Å². The first-order valence-electron chi connectivity index (χ1n) is 8.01. The molecule has 7 heteroatoms. The first-order chi connectivity index (χ1) is 11.8. The molecule has 0 atom stereocenters. The van der Waals surface area contributed by atoms with E-state index in [1.807, 2.05) is 28.8 Å². The third-order valence-electron chi connectivity index (χ3n) is 4.09. The van der Waals surface area contributed by atoms with E-state index in [0.717, 1.165) is 44.0 Å². The summed E-state index contributed by atoms with van der Waals surface area (Å²) in [5, 5.41) is 0. The van der Waals surface area contributed by atoms with Crippen molar-refractivity contribution >= 4 is 17.7 Å². The normalized spacial score (nSPS) is 15.5. The second-order valence-corrected chi connectivity index (χ2v) is 6.65. The Morgan fingerprint density at radius 3 is 2.54 bits per heavy atom. The quantitative estimate of drug-likeness (QED) is 0.823. The summed E-state index contributed by atoms with van der Waals surface area (Å²) in [5.41, 5.74) is 1.39. The van der Waals surface area contributed by atoms with Gasteiger partial charge in [0.1, 0.15) is 0 Å². The van der Waals surface area contributed by atoms with E-state index in [2.05, 4.69) is 26.1 Å². The van der Waals surface area contributed by atoms with E-state index in [1.165, 1.54) is 0 Å². The molecular formula is C17H21N5OS. The van der Waals surface area contributed by atoms with Gasteiger partial charge in [-0.25, -0.2) is 9.97 Å². The molecule has 1 aliphatic rings. The maximum absolute atomic E-state index is 12.6. The number of hydrogen-bond donors (Lipinski definition) is 0. The molecule has 0 radical (unpaired) electrons. The van der Waals surface area contributed by atoms with E-state index >= 15 is 0 Å². The lowest BCUT2D eigenvalue weighted by Crippen LogP contribution is -2.49. The molecule has 0 bridgehead atoms. The fourth-order valence-corrected chi connectivity index (χ4v) is 3.10. The highest BCUT2D eigenvalue weighted by Gasteiger charge is 2.22. The highest BCUT2D eigenvalue weighted by molar-refractivity contribution is 7.98. The Morgan fingerprint density at radius 1 is 1.17 bits per heavy atom. The maximum atomic E-state index is 12.6. The van der Waals surface area contributed by atoms with E-state index < -0.39 is 0 Å². The van der Waals surface area contributed by atoms with E-state index in [1.54, 1.807) is 24.8 Å². The van der Waals surface area contributed by atoms with Gasteiger partial charge in [-0.05, 0) is 18.4 Å². The molecule has 24 heavy (non-hydrogen) atoms. The van der Waals surface area contributed by atoms with Crippen LogP contribution in [-0.4, -0.2) is 75.4 Å². The fourth-order valence-electron chi connectivity index (χ4n) is 2.66. The van der Waals surface area contributed by atoms with Gasteiger partial charge < -0.3 is 4.90 Å². The van der Waals surface area contributed by atoms with Crippen LogP contribution in [0.15, 0.2) is 36.9 Å². The van der Waals surface area contributed by atoms with Crippen molar-refractivity contribution < 1.29 is 4.79 Å². The molecule has 1 fully saturated rings. The van der Waals surface area contributed by atoms with Crippen molar-refractivity contribution in [3.63, 3.8) is 0 Å². The number of aromatic nitrogens is 3. The summed E-state index contributed by atoms with van der Waals surface area (Å²) >= 11 is 1.86. The lowest BCUT2D eigenvalue weighted by Gasteiger charge is -2.34. The summed E-state index contributed by atoms with van der Waals surface area (Å²) in [7, 11) is 0. The second-order valence-electron chi connectivity index (χ2n) is 5.66. The molecule has 0 aromatic carbocycles. The van der Waals surface area contributed by atoms with Gasteiger partial charge in [-0.2, -0.15) is 11.8 Å². The van der Waals surface area contributed by atoms with Crippen molar-refractivity contribution in [2.24, 2.45) is 0 Å². The Morgan fingerprint density at radius 2 is 1.92 bits per heavy atom. The summed E-state index contributed by atoms with van der Waals surface area (Å²) in [6.07, 6.45) is 8.76. The van der Waals surface area contributed by atoms with Gasteiger partial charge in [0.15, 0.2) is 5.82 Å². The number of thioether (sulfide) groups is 1. The Hall–Kier alpha value is -1.99. The molecule has 2 aromatic rings. The van der Waals surface area contributed by atoms with Gasteiger partial charge in [0.25, 0.3) is 5.91 Å². The van der Waals surface area contributed by atoms with E-state index in [4.69, 9.17) is 0 Å². The first-order valence-corrected chi connectivity index (χ1v) is 9.40. The van der Waals surface area contributed by atoms with Crippen molar-refractivity contribution in [2.45, 2.75) is 0 Å². The Labute approximate surface area is 146 Å². The minimum Gasteiger partial charge on any atom is -0.336 e. The van der Waals surface area contributed by atoms with Gasteiger partial charge in [0, 0.05) is 68.8 Å². The zero-order valence-corrected chi connectivity index (χ0v) is 14.6. The second kappa shape index (κ2) is 8.21. The summed E-state index contributed by atoms with van der Waals surface area (Å²) in [4.78, 5) is 29.5. The number of rotatable bonds is 5. The van der Waals surface area contributed by atoms with Gasteiger partial charge >= 0.3 is 0 Å². The fraction of sp³-hybridized carbons (Fsp3) is 0.412. The first kappa shape index (κ1) is 16.9. The maximum Gasteiger partial charge on any atom is 0.257 e. The number of hydrogen-bond acceptors (Lipinski definition) is 6. The van der Waals surface area contributed by atoms with Crippen LogP contribution in [0.5, 0.6) is 0 Å². The van der Waals surface area contributed by atoms with Crippen molar-refractivity contribution in [1.29, 1.82) is 0 Å². The lowest BCUT2D eigenvalue weighted by molar-refractivity contribution is 0.0644. The zero-order chi connectivity index (χ0) is 16.8. The molecule has 0 N–H and O–H groups in total. The van der Waals surface area contributed by atoms with Crippen LogP contribution in [0.1, 0.15) is 10.4 Å². The molecule has 3 heterocycles. The van der Waals surface area contributed by atoms with Gasteiger partial charge in [0.2, 0.25) is 0 Å². The van der Waals surface area contributed by atoms with Crippen molar-refractivity contribution in [3.8, 4) is 11.4 Å².